The van der Waals surface area contributed by atoms with Crippen molar-refractivity contribution in [2.75, 3.05) is 10.7 Å². The Hall–Kier alpha value is -1.95. The van der Waals surface area contributed by atoms with Crippen molar-refractivity contribution < 1.29 is 4.79 Å². The highest BCUT2D eigenvalue weighted by Crippen LogP contribution is 2.37. The summed E-state index contributed by atoms with van der Waals surface area (Å²) in [6.07, 6.45) is 0.101. The highest BCUT2D eigenvalue weighted by molar-refractivity contribution is 6.42. The van der Waals surface area contributed by atoms with Gasteiger partial charge >= 0.3 is 0 Å². The third kappa shape index (κ3) is 3.37. The Bertz CT molecular complexity index is 799. The Morgan fingerprint density at radius 3 is 2.48 bits per heavy atom. The van der Waals surface area contributed by atoms with E-state index in [0.29, 0.717) is 27.9 Å². The zero-order valence-corrected chi connectivity index (χ0v) is 14.0. The van der Waals surface area contributed by atoms with E-state index in [2.05, 4.69) is 10.4 Å². The summed E-state index contributed by atoms with van der Waals surface area (Å²) in [6, 6.07) is 10.1. The highest BCUT2D eigenvalue weighted by Gasteiger charge is 2.30. The van der Waals surface area contributed by atoms with Gasteiger partial charge in [-0.05, 0) is 30.3 Å². The molecule has 0 aliphatic carbocycles. The number of amidine groups is 1. The normalized spacial score (nSPS) is 16.0. The van der Waals surface area contributed by atoms with Crippen LogP contribution in [0.1, 0.15) is 6.42 Å². The second kappa shape index (κ2) is 6.28. The molecule has 0 unspecified atom stereocenters. The van der Waals surface area contributed by atoms with Crippen molar-refractivity contribution in [2.45, 2.75) is 6.42 Å². The Morgan fingerprint density at radius 1 is 1.13 bits per heavy atom. The number of carbonyl (C=O) groups is 1. The Labute approximate surface area is 147 Å². The number of hydrazine groups is 1. The number of amides is 1. The van der Waals surface area contributed by atoms with Crippen molar-refractivity contribution in [1.82, 2.24) is 5.43 Å². The predicted molar refractivity (Wildman–Crippen MR) is 94.7 cm³/mol. The second-order valence-electron chi connectivity index (χ2n) is 4.89. The summed E-state index contributed by atoms with van der Waals surface area (Å²) in [5.41, 5.74) is 10.2. The lowest BCUT2D eigenvalue weighted by molar-refractivity contribution is -0.116. The van der Waals surface area contributed by atoms with Gasteiger partial charge in [-0.1, -0.05) is 40.9 Å². The number of nitrogen functional groups attached to an aromatic ring is 1. The minimum atomic E-state index is -0.223. The van der Waals surface area contributed by atoms with Gasteiger partial charge < -0.3 is 5.73 Å². The number of aliphatic imine (C=N–C) groups is 1. The van der Waals surface area contributed by atoms with Crippen LogP contribution in [0.3, 0.4) is 0 Å². The first-order valence-electron chi connectivity index (χ1n) is 6.61. The maximum atomic E-state index is 12.2. The van der Waals surface area contributed by atoms with Crippen LogP contribution < -0.4 is 16.2 Å². The molecule has 1 aliphatic rings. The van der Waals surface area contributed by atoms with Crippen molar-refractivity contribution in [1.29, 1.82) is 0 Å². The van der Waals surface area contributed by atoms with Crippen molar-refractivity contribution in [3.05, 3.63) is 51.5 Å². The molecule has 2 aromatic rings. The SMILES string of the molecule is Nc1cccc(N=C2CC(=O)N(c3c(Cl)cc(Cl)cc3Cl)N2)c1. The molecule has 0 atom stereocenters. The molecule has 0 spiro atoms. The summed E-state index contributed by atoms with van der Waals surface area (Å²) in [7, 11) is 0. The van der Waals surface area contributed by atoms with Crippen molar-refractivity contribution in [3.63, 3.8) is 0 Å². The van der Waals surface area contributed by atoms with E-state index in [9.17, 15) is 4.79 Å². The van der Waals surface area contributed by atoms with Crippen LogP contribution in [0.15, 0.2) is 41.4 Å². The molecular weight excluding hydrogens is 359 g/mol. The van der Waals surface area contributed by atoms with Crippen molar-refractivity contribution >= 4 is 63.6 Å². The van der Waals surface area contributed by atoms with Crippen LogP contribution in [0.5, 0.6) is 0 Å². The standard InChI is InChI=1S/C15H11Cl3N4O/c16-8-4-11(17)15(12(18)5-8)22-14(23)7-13(21-22)20-10-3-1-2-9(19)6-10/h1-6H,7,19H2,(H,20,21). The molecule has 23 heavy (non-hydrogen) atoms. The first kappa shape index (κ1) is 15.9. The zero-order valence-electron chi connectivity index (χ0n) is 11.7. The molecule has 0 radical (unpaired) electrons. The zero-order chi connectivity index (χ0) is 16.6. The molecule has 1 aliphatic heterocycles. The fourth-order valence-corrected chi connectivity index (χ4v) is 3.18. The van der Waals surface area contributed by atoms with Crippen molar-refractivity contribution in [2.24, 2.45) is 4.99 Å². The molecule has 8 heteroatoms. The Kier molecular flexibility index (Phi) is 4.35. The second-order valence-corrected chi connectivity index (χ2v) is 6.14. The maximum Gasteiger partial charge on any atom is 0.253 e. The number of nitrogens with two attached hydrogens (primary N) is 1. The Balaban J connectivity index is 1.92. The maximum absolute atomic E-state index is 12.2. The summed E-state index contributed by atoms with van der Waals surface area (Å²) in [5, 5.41) is 2.21. The molecule has 2 aromatic carbocycles. The van der Waals surface area contributed by atoms with Gasteiger partial charge in [0.1, 0.15) is 11.5 Å². The predicted octanol–water partition coefficient (Wildman–Crippen LogP) is 4.20. The average Bonchev–Trinajstić information content (AvgIpc) is 2.78. The molecule has 0 saturated carbocycles. The van der Waals surface area contributed by atoms with E-state index in [4.69, 9.17) is 40.5 Å². The van der Waals surface area contributed by atoms with E-state index in [0.717, 1.165) is 0 Å². The molecule has 3 N–H and O–H groups in total. The van der Waals surface area contributed by atoms with Crippen LogP contribution in [-0.4, -0.2) is 11.7 Å². The molecule has 1 fully saturated rings. The van der Waals surface area contributed by atoms with E-state index >= 15 is 0 Å². The fraction of sp³-hybridized carbons (Fsp3) is 0.0667. The van der Waals surface area contributed by atoms with Crippen LogP contribution in [-0.2, 0) is 4.79 Å². The lowest BCUT2D eigenvalue weighted by Gasteiger charge is -2.19. The largest absolute Gasteiger partial charge is 0.399 e. The Morgan fingerprint density at radius 2 is 1.83 bits per heavy atom. The van der Waals surface area contributed by atoms with Gasteiger partial charge in [-0.15, -0.1) is 0 Å². The third-order valence-corrected chi connectivity index (χ3v) is 3.94. The molecule has 1 amide bonds. The van der Waals surface area contributed by atoms with Gasteiger partial charge in [0.15, 0.2) is 0 Å². The van der Waals surface area contributed by atoms with E-state index in [-0.39, 0.29) is 22.4 Å². The molecule has 1 saturated heterocycles. The minimum absolute atomic E-state index is 0.101. The van der Waals surface area contributed by atoms with Gasteiger partial charge in [-0.25, -0.2) is 10.0 Å². The van der Waals surface area contributed by atoms with Crippen LogP contribution in [0.25, 0.3) is 0 Å². The van der Waals surface area contributed by atoms with Gasteiger partial charge in [-0.3, -0.25) is 10.2 Å². The van der Waals surface area contributed by atoms with Crippen LogP contribution >= 0.6 is 34.8 Å². The fourth-order valence-electron chi connectivity index (χ4n) is 2.20. The number of benzene rings is 2. The monoisotopic (exact) mass is 368 g/mol. The summed E-state index contributed by atoms with van der Waals surface area (Å²) in [4.78, 5) is 16.6. The number of carbonyl (C=O) groups excluding carboxylic acids is 1. The van der Waals surface area contributed by atoms with Gasteiger partial charge in [0.05, 0.1) is 22.2 Å². The molecule has 118 valence electrons. The minimum Gasteiger partial charge on any atom is -0.399 e. The van der Waals surface area contributed by atoms with Gasteiger partial charge in [0.2, 0.25) is 0 Å². The summed E-state index contributed by atoms with van der Waals surface area (Å²) < 4.78 is 0. The first-order chi connectivity index (χ1) is 10.9. The van der Waals surface area contributed by atoms with Crippen molar-refractivity contribution in [3.8, 4) is 0 Å². The summed E-state index contributed by atoms with van der Waals surface area (Å²) in [5.74, 6) is 0.251. The summed E-state index contributed by atoms with van der Waals surface area (Å²) in [6.45, 7) is 0. The number of hydrogen-bond donors (Lipinski definition) is 2. The third-order valence-electron chi connectivity index (χ3n) is 3.15. The number of nitrogens with one attached hydrogen (secondary N) is 1. The van der Waals surface area contributed by atoms with E-state index < -0.39 is 0 Å². The molecule has 1 heterocycles. The lowest BCUT2D eigenvalue weighted by Crippen LogP contribution is -2.36. The van der Waals surface area contributed by atoms with Gasteiger partial charge in [-0.2, -0.15) is 0 Å². The number of rotatable bonds is 2. The van der Waals surface area contributed by atoms with E-state index in [1.54, 1.807) is 24.3 Å². The lowest BCUT2D eigenvalue weighted by atomic mass is 10.3. The van der Waals surface area contributed by atoms with E-state index in [1.165, 1.54) is 17.1 Å². The highest BCUT2D eigenvalue weighted by atomic mass is 35.5. The van der Waals surface area contributed by atoms with Crippen LogP contribution in [0.2, 0.25) is 15.1 Å². The quantitative estimate of drug-likeness (QED) is 0.779. The summed E-state index contributed by atoms with van der Waals surface area (Å²) >= 11 is 18.2. The van der Waals surface area contributed by atoms with E-state index in [1.807, 2.05) is 0 Å². The van der Waals surface area contributed by atoms with Crippen LogP contribution in [0, 0.1) is 0 Å². The molecule has 5 nitrogen and oxygen atoms in total. The van der Waals surface area contributed by atoms with Crippen LogP contribution in [0.4, 0.5) is 17.1 Å². The molecule has 3 rings (SSSR count). The first-order valence-corrected chi connectivity index (χ1v) is 7.74. The topological polar surface area (TPSA) is 70.7 Å². The van der Waals surface area contributed by atoms with Gasteiger partial charge in [0, 0.05) is 10.7 Å². The number of halogens is 3. The molecule has 0 bridgehead atoms. The smallest absolute Gasteiger partial charge is 0.253 e. The number of anilines is 2. The molecule has 0 aromatic heterocycles. The molecular formula is C15H11Cl3N4O. The average molecular weight is 370 g/mol. The number of hydrogen-bond acceptors (Lipinski definition) is 3. The van der Waals surface area contributed by atoms with Gasteiger partial charge in [0.25, 0.3) is 5.91 Å². The number of nitrogens with zero attached hydrogens (tertiary/aromatic N) is 2.